The second-order valence-corrected chi connectivity index (χ2v) is 4.85. The number of hydrogen-bond acceptors (Lipinski definition) is 3. The summed E-state index contributed by atoms with van der Waals surface area (Å²) in [6.07, 6.45) is 6.67. The normalized spacial score (nSPS) is 17.0. The third-order valence-electron chi connectivity index (χ3n) is 3.52. The molecule has 1 rings (SSSR count). The van der Waals surface area contributed by atoms with Crippen LogP contribution in [0.5, 0.6) is 0 Å². The molecule has 1 saturated carbocycles. The Bertz CT molecular complexity index is 270. The van der Waals surface area contributed by atoms with Crippen LogP contribution in [-0.4, -0.2) is 36.5 Å². The van der Waals surface area contributed by atoms with E-state index in [1.54, 1.807) is 11.8 Å². The summed E-state index contributed by atoms with van der Waals surface area (Å²) in [5.41, 5.74) is 0. The first-order valence-corrected chi connectivity index (χ1v) is 7.13. The fourth-order valence-electron chi connectivity index (χ4n) is 2.49. The molecule has 0 bridgehead atoms. The summed E-state index contributed by atoms with van der Waals surface area (Å²) in [5, 5.41) is 0. The number of rotatable bonds is 5. The van der Waals surface area contributed by atoms with E-state index >= 15 is 0 Å². The monoisotopic (exact) mass is 255 g/mol. The average Bonchev–Trinajstić information content (AvgIpc) is 2.64. The van der Waals surface area contributed by atoms with Gasteiger partial charge in [-0.05, 0) is 26.7 Å². The van der Waals surface area contributed by atoms with Gasteiger partial charge in [0.05, 0.1) is 6.61 Å². The molecule has 1 amide bonds. The van der Waals surface area contributed by atoms with Crippen LogP contribution in [0, 0.1) is 5.92 Å². The van der Waals surface area contributed by atoms with Gasteiger partial charge in [0.25, 0.3) is 0 Å². The highest BCUT2D eigenvalue weighted by atomic mass is 16.5. The zero-order valence-corrected chi connectivity index (χ0v) is 11.6. The number of likely N-dealkylation sites (N-methyl/N-ethyl adjacent to an activating group) is 1. The highest BCUT2D eigenvalue weighted by Crippen LogP contribution is 2.24. The van der Waals surface area contributed by atoms with Crippen LogP contribution in [0.2, 0.25) is 0 Å². The van der Waals surface area contributed by atoms with E-state index in [0.717, 1.165) is 25.7 Å². The zero-order chi connectivity index (χ0) is 13.4. The predicted octanol–water partition coefficient (Wildman–Crippen LogP) is 2.37. The lowest BCUT2D eigenvalue weighted by Gasteiger charge is -2.24. The SMILES string of the molecule is CCOC(=O)CN(CC)C(=O)C1CCCCCC1. The molecule has 0 atom stereocenters. The zero-order valence-electron chi connectivity index (χ0n) is 11.6. The van der Waals surface area contributed by atoms with Crippen molar-refractivity contribution in [2.75, 3.05) is 19.7 Å². The molecule has 4 nitrogen and oxygen atoms in total. The quantitative estimate of drug-likeness (QED) is 0.559. The molecule has 1 aliphatic carbocycles. The second kappa shape index (κ2) is 8.11. The summed E-state index contributed by atoms with van der Waals surface area (Å²) in [7, 11) is 0. The minimum absolute atomic E-state index is 0.0969. The first-order valence-electron chi connectivity index (χ1n) is 7.13. The predicted molar refractivity (Wildman–Crippen MR) is 70.1 cm³/mol. The van der Waals surface area contributed by atoms with Crippen LogP contribution in [0.1, 0.15) is 52.4 Å². The number of carbonyl (C=O) groups is 2. The van der Waals surface area contributed by atoms with E-state index in [4.69, 9.17) is 4.74 Å². The number of carbonyl (C=O) groups excluding carboxylic acids is 2. The van der Waals surface area contributed by atoms with E-state index in [2.05, 4.69) is 0 Å². The molecule has 1 fully saturated rings. The molecule has 104 valence electrons. The van der Waals surface area contributed by atoms with Gasteiger partial charge < -0.3 is 9.64 Å². The number of esters is 1. The van der Waals surface area contributed by atoms with Gasteiger partial charge in [-0.1, -0.05) is 25.7 Å². The molecule has 0 saturated heterocycles. The molecule has 4 heteroatoms. The molecular formula is C14H25NO3. The summed E-state index contributed by atoms with van der Waals surface area (Å²) >= 11 is 0. The van der Waals surface area contributed by atoms with Crippen molar-refractivity contribution in [1.82, 2.24) is 4.90 Å². The van der Waals surface area contributed by atoms with Crippen molar-refractivity contribution >= 4 is 11.9 Å². The van der Waals surface area contributed by atoms with Crippen LogP contribution in [0.15, 0.2) is 0 Å². The third-order valence-corrected chi connectivity index (χ3v) is 3.52. The summed E-state index contributed by atoms with van der Waals surface area (Å²) in [6, 6.07) is 0. The Labute approximate surface area is 110 Å². The Kier molecular flexibility index (Phi) is 6.76. The maximum Gasteiger partial charge on any atom is 0.325 e. The van der Waals surface area contributed by atoms with Crippen LogP contribution in [-0.2, 0) is 14.3 Å². The van der Waals surface area contributed by atoms with E-state index in [-0.39, 0.29) is 24.3 Å². The summed E-state index contributed by atoms with van der Waals surface area (Å²) in [6.45, 7) is 4.73. The van der Waals surface area contributed by atoms with Gasteiger partial charge in [-0.3, -0.25) is 9.59 Å². The van der Waals surface area contributed by atoms with Gasteiger partial charge in [-0.15, -0.1) is 0 Å². The number of ether oxygens (including phenoxy) is 1. The molecular weight excluding hydrogens is 230 g/mol. The molecule has 0 aliphatic heterocycles. The van der Waals surface area contributed by atoms with Crippen LogP contribution < -0.4 is 0 Å². The molecule has 0 heterocycles. The molecule has 18 heavy (non-hydrogen) atoms. The number of nitrogens with zero attached hydrogens (tertiary/aromatic N) is 1. The molecule has 0 spiro atoms. The van der Waals surface area contributed by atoms with Crippen LogP contribution >= 0.6 is 0 Å². The first kappa shape index (κ1) is 15.0. The lowest BCUT2D eigenvalue weighted by molar-refractivity contribution is -0.150. The minimum atomic E-state index is -0.304. The minimum Gasteiger partial charge on any atom is -0.465 e. The Balaban J connectivity index is 2.51. The largest absolute Gasteiger partial charge is 0.465 e. The van der Waals surface area contributed by atoms with Crippen molar-refractivity contribution in [3.63, 3.8) is 0 Å². The molecule has 0 aromatic carbocycles. The summed E-state index contributed by atoms with van der Waals surface area (Å²) in [5.74, 6) is -0.0596. The maximum absolute atomic E-state index is 12.3. The van der Waals surface area contributed by atoms with Crippen LogP contribution in [0.3, 0.4) is 0 Å². The van der Waals surface area contributed by atoms with Gasteiger partial charge in [-0.2, -0.15) is 0 Å². The Hall–Kier alpha value is -1.06. The highest BCUT2D eigenvalue weighted by molar-refractivity contribution is 5.83. The van der Waals surface area contributed by atoms with Crippen molar-refractivity contribution in [3.8, 4) is 0 Å². The Morgan fingerprint density at radius 2 is 1.72 bits per heavy atom. The van der Waals surface area contributed by atoms with Gasteiger partial charge in [0, 0.05) is 12.5 Å². The molecule has 0 aromatic heterocycles. The van der Waals surface area contributed by atoms with Crippen LogP contribution in [0.25, 0.3) is 0 Å². The number of hydrogen-bond donors (Lipinski definition) is 0. The molecule has 1 aliphatic rings. The highest BCUT2D eigenvalue weighted by Gasteiger charge is 2.25. The lowest BCUT2D eigenvalue weighted by Crippen LogP contribution is -2.40. The van der Waals surface area contributed by atoms with E-state index in [9.17, 15) is 9.59 Å². The smallest absolute Gasteiger partial charge is 0.325 e. The van der Waals surface area contributed by atoms with Crippen LogP contribution in [0.4, 0.5) is 0 Å². The van der Waals surface area contributed by atoms with Crippen molar-refractivity contribution in [2.24, 2.45) is 5.92 Å². The topological polar surface area (TPSA) is 46.6 Å². The van der Waals surface area contributed by atoms with Crippen molar-refractivity contribution in [1.29, 1.82) is 0 Å². The van der Waals surface area contributed by atoms with Gasteiger partial charge >= 0.3 is 5.97 Å². The van der Waals surface area contributed by atoms with E-state index in [1.165, 1.54) is 12.8 Å². The van der Waals surface area contributed by atoms with Gasteiger partial charge in [0.2, 0.25) is 5.91 Å². The van der Waals surface area contributed by atoms with Crippen molar-refractivity contribution in [3.05, 3.63) is 0 Å². The van der Waals surface area contributed by atoms with Crippen molar-refractivity contribution < 1.29 is 14.3 Å². The summed E-state index contributed by atoms with van der Waals surface area (Å²) < 4.78 is 4.90. The van der Waals surface area contributed by atoms with E-state index in [1.807, 2.05) is 6.92 Å². The molecule has 0 aromatic rings. The van der Waals surface area contributed by atoms with Gasteiger partial charge in [0.15, 0.2) is 0 Å². The van der Waals surface area contributed by atoms with E-state index < -0.39 is 0 Å². The summed E-state index contributed by atoms with van der Waals surface area (Å²) in [4.78, 5) is 25.4. The van der Waals surface area contributed by atoms with Crippen molar-refractivity contribution in [2.45, 2.75) is 52.4 Å². The molecule has 0 radical (unpaired) electrons. The fourth-order valence-corrected chi connectivity index (χ4v) is 2.49. The van der Waals surface area contributed by atoms with Gasteiger partial charge in [-0.25, -0.2) is 0 Å². The molecule has 0 N–H and O–H groups in total. The average molecular weight is 255 g/mol. The second-order valence-electron chi connectivity index (χ2n) is 4.85. The number of amides is 1. The maximum atomic E-state index is 12.3. The standard InChI is InChI=1S/C14H25NO3/c1-3-15(11-13(16)18-4-2)14(17)12-9-7-5-6-8-10-12/h12H,3-11H2,1-2H3. The third kappa shape index (κ3) is 4.67. The Morgan fingerprint density at radius 1 is 1.11 bits per heavy atom. The Morgan fingerprint density at radius 3 is 2.22 bits per heavy atom. The lowest BCUT2D eigenvalue weighted by atomic mass is 9.98. The van der Waals surface area contributed by atoms with E-state index in [0.29, 0.717) is 13.2 Å². The fraction of sp³-hybridized carbons (Fsp3) is 0.857. The first-order chi connectivity index (χ1) is 8.69. The molecule has 0 unspecified atom stereocenters. The van der Waals surface area contributed by atoms with Gasteiger partial charge in [0.1, 0.15) is 6.54 Å².